The van der Waals surface area contributed by atoms with E-state index in [-0.39, 0.29) is 31.2 Å². The number of ketones is 2. The van der Waals surface area contributed by atoms with E-state index in [1.54, 1.807) is 0 Å². The molecule has 0 heterocycles. The van der Waals surface area contributed by atoms with Gasteiger partial charge in [-0.15, -0.1) is 0 Å². The van der Waals surface area contributed by atoms with E-state index in [1.165, 1.54) is 13.8 Å². The summed E-state index contributed by atoms with van der Waals surface area (Å²) in [5.74, 6) is -0.212. The van der Waals surface area contributed by atoms with Crippen LogP contribution in [-0.2, 0) is 14.3 Å². The van der Waals surface area contributed by atoms with Crippen LogP contribution < -0.4 is 0 Å². The van der Waals surface area contributed by atoms with Gasteiger partial charge >= 0.3 is 0 Å². The van der Waals surface area contributed by atoms with Crippen LogP contribution in [0.1, 0.15) is 20.3 Å². The first kappa shape index (κ1) is 11.3. The first-order valence-electron chi connectivity index (χ1n) is 3.80. The predicted octanol–water partition coefficient (Wildman–Crippen LogP) is -0.0680. The van der Waals surface area contributed by atoms with Crippen molar-refractivity contribution in [3.8, 4) is 0 Å². The molecular formula is C8H14O4. The van der Waals surface area contributed by atoms with Gasteiger partial charge in [-0.2, -0.15) is 0 Å². The molecule has 0 aliphatic heterocycles. The Bertz CT molecular complexity index is 164. The zero-order valence-electron chi connectivity index (χ0n) is 7.37. The van der Waals surface area contributed by atoms with Gasteiger partial charge in [-0.25, -0.2) is 0 Å². The lowest BCUT2D eigenvalue weighted by atomic mass is 10.2. The van der Waals surface area contributed by atoms with Gasteiger partial charge in [0.1, 0.15) is 11.9 Å². The lowest BCUT2D eigenvalue weighted by molar-refractivity contribution is -0.132. The third-order valence-corrected chi connectivity index (χ3v) is 1.39. The molecular weight excluding hydrogens is 160 g/mol. The average Bonchev–Trinajstić information content (AvgIpc) is 1.96. The van der Waals surface area contributed by atoms with Gasteiger partial charge in [-0.3, -0.25) is 9.59 Å². The molecule has 1 N–H and O–H groups in total. The number of hydrogen-bond acceptors (Lipinski definition) is 4. The summed E-state index contributed by atoms with van der Waals surface area (Å²) in [5, 5.41) is 8.63. The molecule has 1 atom stereocenters. The Hall–Kier alpha value is -0.740. The van der Waals surface area contributed by atoms with Crippen LogP contribution in [0.15, 0.2) is 0 Å². The molecule has 1 unspecified atom stereocenters. The van der Waals surface area contributed by atoms with E-state index >= 15 is 0 Å². The van der Waals surface area contributed by atoms with Gasteiger partial charge < -0.3 is 9.84 Å². The SMILES string of the molecule is CC(=O)CCOC(CO)C(C)=O. The molecule has 0 saturated carbocycles. The van der Waals surface area contributed by atoms with Crippen molar-refractivity contribution < 1.29 is 19.4 Å². The standard InChI is InChI=1S/C8H14O4/c1-6(10)3-4-12-8(5-9)7(2)11/h8-9H,3-5H2,1-2H3. The molecule has 0 rings (SSSR count). The van der Waals surface area contributed by atoms with Crippen molar-refractivity contribution in [1.29, 1.82) is 0 Å². The molecule has 4 nitrogen and oxygen atoms in total. The molecule has 0 aliphatic rings. The third-order valence-electron chi connectivity index (χ3n) is 1.39. The molecule has 0 amide bonds. The molecule has 0 fully saturated rings. The highest BCUT2D eigenvalue weighted by Gasteiger charge is 2.12. The van der Waals surface area contributed by atoms with Crippen LogP contribution in [0.4, 0.5) is 0 Å². The Morgan fingerprint density at radius 3 is 2.33 bits per heavy atom. The summed E-state index contributed by atoms with van der Waals surface area (Å²) in [6.45, 7) is 2.66. The highest BCUT2D eigenvalue weighted by atomic mass is 16.5. The van der Waals surface area contributed by atoms with Crippen molar-refractivity contribution in [2.75, 3.05) is 13.2 Å². The topological polar surface area (TPSA) is 63.6 Å². The minimum absolute atomic E-state index is 0.00948. The van der Waals surface area contributed by atoms with Gasteiger partial charge in [0.25, 0.3) is 0 Å². The summed E-state index contributed by atoms with van der Waals surface area (Å²) in [6.07, 6.45) is -0.492. The smallest absolute Gasteiger partial charge is 0.160 e. The molecule has 0 radical (unpaired) electrons. The quantitative estimate of drug-likeness (QED) is 0.612. The Morgan fingerprint density at radius 2 is 2.00 bits per heavy atom. The fourth-order valence-electron chi connectivity index (χ4n) is 0.644. The maximum atomic E-state index is 10.7. The predicted molar refractivity (Wildman–Crippen MR) is 42.8 cm³/mol. The first-order chi connectivity index (χ1) is 5.57. The van der Waals surface area contributed by atoms with E-state index < -0.39 is 6.10 Å². The third kappa shape index (κ3) is 4.98. The maximum absolute atomic E-state index is 10.7. The molecule has 0 bridgehead atoms. The van der Waals surface area contributed by atoms with Crippen molar-refractivity contribution in [2.45, 2.75) is 26.4 Å². The molecule has 0 aliphatic carbocycles. The normalized spacial score (nSPS) is 12.6. The van der Waals surface area contributed by atoms with Gasteiger partial charge in [0.15, 0.2) is 5.78 Å². The molecule has 0 saturated heterocycles. The second kappa shape index (κ2) is 5.85. The summed E-state index contributed by atoms with van der Waals surface area (Å²) in [4.78, 5) is 21.1. The number of carbonyl (C=O) groups excluding carboxylic acids is 2. The number of aliphatic hydroxyl groups excluding tert-OH is 1. The summed E-state index contributed by atoms with van der Waals surface area (Å²) in [6, 6.07) is 0. The van der Waals surface area contributed by atoms with Crippen molar-refractivity contribution >= 4 is 11.6 Å². The molecule has 12 heavy (non-hydrogen) atoms. The number of ether oxygens (including phenoxy) is 1. The van der Waals surface area contributed by atoms with Crippen LogP contribution in [0, 0.1) is 0 Å². The lowest BCUT2D eigenvalue weighted by Gasteiger charge is -2.10. The minimum atomic E-state index is -0.774. The Kier molecular flexibility index (Phi) is 5.49. The van der Waals surface area contributed by atoms with Crippen LogP contribution in [0.25, 0.3) is 0 Å². The molecule has 0 spiro atoms. The molecule has 0 aromatic rings. The van der Waals surface area contributed by atoms with Crippen LogP contribution in [0.3, 0.4) is 0 Å². The number of carbonyl (C=O) groups is 2. The Labute approximate surface area is 71.5 Å². The van der Waals surface area contributed by atoms with Crippen LogP contribution >= 0.6 is 0 Å². The van der Waals surface area contributed by atoms with Crippen molar-refractivity contribution in [1.82, 2.24) is 0 Å². The van der Waals surface area contributed by atoms with Gasteiger partial charge in [0.2, 0.25) is 0 Å². The minimum Gasteiger partial charge on any atom is -0.393 e. The molecule has 0 aromatic carbocycles. The molecule has 4 heteroatoms. The highest BCUT2D eigenvalue weighted by molar-refractivity contribution is 5.80. The zero-order valence-corrected chi connectivity index (χ0v) is 7.37. The number of rotatable bonds is 6. The van der Waals surface area contributed by atoms with Gasteiger partial charge in [0, 0.05) is 6.42 Å². The summed E-state index contributed by atoms with van der Waals surface area (Å²) in [7, 11) is 0. The van der Waals surface area contributed by atoms with E-state index in [9.17, 15) is 9.59 Å². The Balaban J connectivity index is 3.59. The van der Waals surface area contributed by atoms with Gasteiger partial charge in [-0.1, -0.05) is 0 Å². The summed E-state index contributed by atoms with van der Waals surface area (Å²) >= 11 is 0. The van der Waals surface area contributed by atoms with Crippen molar-refractivity contribution in [3.05, 3.63) is 0 Å². The highest BCUT2D eigenvalue weighted by Crippen LogP contribution is 1.94. The zero-order chi connectivity index (χ0) is 9.56. The van der Waals surface area contributed by atoms with Crippen molar-refractivity contribution in [2.24, 2.45) is 0 Å². The fourth-order valence-corrected chi connectivity index (χ4v) is 0.644. The largest absolute Gasteiger partial charge is 0.393 e. The van der Waals surface area contributed by atoms with Crippen molar-refractivity contribution in [3.63, 3.8) is 0 Å². The lowest BCUT2D eigenvalue weighted by Crippen LogP contribution is -2.26. The van der Waals surface area contributed by atoms with Crippen LogP contribution in [-0.4, -0.2) is 36.0 Å². The summed E-state index contributed by atoms with van der Waals surface area (Å²) < 4.78 is 4.94. The van der Waals surface area contributed by atoms with E-state index in [0.29, 0.717) is 0 Å². The van der Waals surface area contributed by atoms with Crippen LogP contribution in [0.2, 0.25) is 0 Å². The van der Waals surface area contributed by atoms with E-state index in [4.69, 9.17) is 9.84 Å². The van der Waals surface area contributed by atoms with Crippen LogP contribution in [0.5, 0.6) is 0 Å². The van der Waals surface area contributed by atoms with E-state index in [0.717, 1.165) is 0 Å². The fraction of sp³-hybridized carbons (Fsp3) is 0.750. The monoisotopic (exact) mass is 174 g/mol. The van der Waals surface area contributed by atoms with Gasteiger partial charge in [0.05, 0.1) is 13.2 Å². The first-order valence-corrected chi connectivity index (χ1v) is 3.80. The average molecular weight is 174 g/mol. The molecule has 0 aromatic heterocycles. The second-order valence-electron chi connectivity index (χ2n) is 2.60. The Morgan fingerprint density at radius 1 is 1.42 bits per heavy atom. The number of hydrogen-bond donors (Lipinski definition) is 1. The maximum Gasteiger partial charge on any atom is 0.160 e. The number of Topliss-reactive ketones (excluding diaryl/α,β-unsaturated/α-hetero) is 2. The summed E-state index contributed by atoms with van der Waals surface area (Å²) in [5.41, 5.74) is 0. The number of aliphatic hydroxyl groups is 1. The van der Waals surface area contributed by atoms with E-state index in [1.807, 2.05) is 0 Å². The second-order valence-corrected chi connectivity index (χ2v) is 2.60. The molecule has 70 valence electrons. The van der Waals surface area contributed by atoms with Gasteiger partial charge in [-0.05, 0) is 13.8 Å². The van der Waals surface area contributed by atoms with E-state index in [2.05, 4.69) is 0 Å².